The van der Waals surface area contributed by atoms with E-state index >= 15 is 0 Å². The van der Waals surface area contributed by atoms with E-state index in [0.29, 0.717) is 35.9 Å². The first kappa shape index (κ1) is 29.3. The molecule has 1 fully saturated rings. The van der Waals surface area contributed by atoms with E-state index in [2.05, 4.69) is 15.5 Å². The fourth-order valence-corrected chi connectivity index (χ4v) is 5.61. The first-order valence-electron chi connectivity index (χ1n) is 14.0. The number of nitrogens with one attached hydrogen (secondary N) is 1. The van der Waals surface area contributed by atoms with Gasteiger partial charge in [0.25, 0.3) is 0 Å². The van der Waals surface area contributed by atoms with Gasteiger partial charge in [0, 0.05) is 41.7 Å². The van der Waals surface area contributed by atoms with Crippen molar-refractivity contribution in [1.82, 2.24) is 15.1 Å². The van der Waals surface area contributed by atoms with E-state index in [9.17, 15) is 13.2 Å². The molecular weight excluding hydrogens is 552 g/mol. The Morgan fingerprint density at radius 1 is 1.00 bits per heavy atom. The first-order valence-corrected chi connectivity index (χ1v) is 15.9. The summed E-state index contributed by atoms with van der Waals surface area (Å²) in [7, 11) is -3.46. The van der Waals surface area contributed by atoms with E-state index < -0.39 is 15.4 Å². The van der Waals surface area contributed by atoms with Crippen LogP contribution in [0.2, 0.25) is 0 Å². The molecule has 3 aromatic carbocycles. The highest BCUT2D eigenvalue weighted by Gasteiger charge is 2.28. The number of hydrogen-bond acceptors (Lipinski definition) is 8. The lowest BCUT2D eigenvalue weighted by Gasteiger charge is -2.34. The van der Waals surface area contributed by atoms with E-state index in [-0.39, 0.29) is 23.6 Å². The van der Waals surface area contributed by atoms with Crippen LogP contribution in [0.4, 0.5) is 10.6 Å². The van der Waals surface area contributed by atoms with Crippen molar-refractivity contribution in [1.29, 1.82) is 0 Å². The van der Waals surface area contributed by atoms with Crippen LogP contribution in [-0.2, 0) is 21.2 Å². The molecule has 220 valence electrons. The number of fused-ring (bicyclic) bond motifs is 1. The van der Waals surface area contributed by atoms with Crippen LogP contribution >= 0.6 is 0 Å². The summed E-state index contributed by atoms with van der Waals surface area (Å²) in [6.07, 6.45) is 2.57. The van der Waals surface area contributed by atoms with E-state index in [0.717, 1.165) is 29.2 Å². The third kappa shape index (κ3) is 6.99. The zero-order valence-corrected chi connectivity index (χ0v) is 25.1. The topological polar surface area (TPSA) is 111 Å². The number of rotatable bonds is 7. The Hall–Kier alpha value is -4.18. The fourth-order valence-electron chi connectivity index (χ4n) is 4.97. The van der Waals surface area contributed by atoms with E-state index in [1.807, 2.05) is 75.4 Å². The lowest BCUT2D eigenvalue weighted by atomic mass is 10.0. The third-order valence-corrected chi connectivity index (χ3v) is 8.08. The summed E-state index contributed by atoms with van der Waals surface area (Å²) in [5, 5.41) is 14.4. The molecule has 1 N–H and O–H groups in total. The first-order chi connectivity index (χ1) is 20.0. The number of amides is 1. The van der Waals surface area contributed by atoms with Crippen LogP contribution in [0, 0.1) is 0 Å². The maximum Gasteiger partial charge on any atom is 0.410 e. The summed E-state index contributed by atoms with van der Waals surface area (Å²) in [6.45, 7) is 6.99. The molecule has 1 atom stereocenters. The monoisotopic (exact) mass is 588 g/mol. The molecule has 0 saturated carbocycles. The molecule has 1 aromatic heterocycles. The van der Waals surface area contributed by atoms with Crippen molar-refractivity contribution in [2.45, 2.75) is 56.8 Å². The standard InChI is InChI=1S/C32H36N4O5S/c1-32(2,3)41-31(37)36-18-10-13-23(20-36)33-30-26-15-9-8-14-25(26)29(34-35-30)27-17-16-24(42(4,38)39)19-28(27)40-21-22-11-6-5-7-12-22/h5-9,11-12,14-17,19,23H,10,13,18,20-21H2,1-4H3,(H,33,35)/t23-/m1/s1. The highest BCUT2D eigenvalue weighted by atomic mass is 32.2. The number of benzene rings is 3. The summed E-state index contributed by atoms with van der Waals surface area (Å²) in [6, 6.07) is 22.3. The Balaban J connectivity index is 1.46. The molecule has 10 heteroatoms. The van der Waals surface area contributed by atoms with Gasteiger partial charge in [0.05, 0.1) is 4.90 Å². The number of nitrogens with zero attached hydrogens (tertiary/aromatic N) is 3. The molecule has 9 nitrogen and oxygen atoms in total. The molecule has 0 unspecified atom stereocenters. The van der Waals surface area contributed by atoms with E-state index in [1.165, 1.54) is 6.26 Å². The van der Waals surface area contributed by atoms with Crippen LogP contribution in [-0.4, -0.2) is 60.6 Å². The lowest BCUT2D eigenvalue weighted by molar-refractivity contribution is 0.0206. The third-order valence-electron chi connectivity index (χ3n) is 6.97. The number of hydrogen-bond donors (Lipinski definition) is 1. The maximum atomic E-state index is 12.7. The van der Waals surface area contributed by atoms with Crippen molar-refractivity contribution in [2.24, 2.45) is 0 Å². The van der Waals surface area contributed by atoms with Crippen LogP contribution in [0.15, 0.2) is 77.7 Å². The minimum atomic E-state index is -3.46. The summed E-state index contributed by atoms with van der Waals surface area (Å²) in [5.41, 5.74) is 1.62. The van der Waals surface area contributed by atoms with Gasteiger partial charge in [0.15, 0.2) is 15.7 Å². The molecular formula is C32H36N4O5S. The van der Waals surface area contributed by atoms with Crippen LogP contribution in [0.25, 0.3) is 22.0 Å². The smallest absolute Gasteiger partial charge is 0.410 e. The second-order valence-electron chi connectivity index (χ2n) is 11.6. The van der Waals surface area contributed by atoms with Crippen molar-refractivity contribution in [3.05, 3.63) is 78.4 Å². The molecule has 4 aromatic rings. The van der Waals surface area contributed by atoms with Crippen LogP contribution in [0.3, 0.4) is 0 Å². The number of sulfone groups is 1. The average Bonchev–Trinajstić information content (AvgIpc) is 2.95. The predicted octanol–water partition coefficient (Wildman–Crippen LogP) is 6.09. The highest BCUT2D eigenvalue weighted by Crippen LogP contribution is 2.37. The highest BCUT2D eigenvalue weighted by molar-refractivity contribution is 7.90. The van der Waals surface area contributed by atoms with E-state index in [1.54, 1.807) is 23.1 Å². The van der Waals surface area contributed by atoms with Gasteiger partial charge in [-0.2, -0.15) is 0 Å². The minimum Gasteiger partial charge on any atom is -0.488 e. The quantitative estimate of drug-likeness (QED) is 0.276. The van der Waals surface area contributed by atoms with Gasteiger partial charge in [-0.1, -0.05) is 54.6 Å². The Morgan fingerprint density at radius 2 is 1.71 bits per heavy atom. The summed E-state index contributed by atoms with van der Waals surface area (Å²) in [5.74, 6) is 1.02. The summed E-state index contributed by atoms with van der Waals surface area (Å²) >= 11 is 0. The number of piperidine rings is 1. The Bertz CT molecular complexity index is 1690. The van der Waals surface area contributed by atoms with Gasteiger partial charge in [0.1, 0.15) is 23.7 Å². The lowest BCUT2D eigenvalue weighted by Crippen LogP contribution is -2.47. The second-order valence-corrected chi connectivity index (χ2v) is 13.6. The molecule has 1 aliphatic rings. The van der Waals surface area contributed by atoms with Crippen LogP contribution in [0.1, 0.15) is 39.2 Å². The normalized spacial score (nSPS) is 15.8. The Labute approximate surface area is 246 Å². The van der Waals surface area contributed by atoms with Crippen LogP contribution in [0.5, 0.6) is 5.75 Å². The SMILES string of the molecule is CC(C)(C)OC(=O)N1CCC[C@@H](Nc2nnc(-c3ccc(S(C)(=O)=O)cc3OCc3ccccc3)c3ccccc23)C1. The summed E-state index contributed by atoms with van der Waals surface area (Å²) in [4.78, 5) is 14.6. The van der Waals surface area contributed by atoms with Gasteiger partial charge >= 0.3 is 6.09 Å². The molecule has 1 saturated heterocycles. The van der Waals surface area contributed by atoms with E-state index in [4.69, 9.17) is 9.47 Å². The summed E-state index contributed by atoms with van der Waals surface area (Å²) < 4.78 is 36.5. The molecule has 42 heavy (non-hydrogen) atoms. The van der Waals surface area contributed by atoms with Crippen molar-refractivity contribution in [3.8, 4) is 17.0 Å². The molecule has 0 spiro atoms. The Morgan fingerprint density at radius 3 is 2.43 bits per heavy atom. The van der Waals surface area contributed by atoms with Crippen molar-refractivity contribution >= 4 is 32.5 Å². The van der Waals surface area contributed by atoms with Gasteiger partial charge in [-0.05, 0) is 57.4 Å². The van der Waals surface area contributed by atoms with Crippen molar-refractivity contribution in [2.75, 3.05) is 24.7 Å². The fraction of sp³-hybridized carbons (Fsp3) is 0.344. The number of carbonyl (C=O) groups excluding carboxylic acids is 1. The van der Waals surface area contributed by atoms with Gasteiger partial charge in [-0.15, -0.1) is 10.2 Å². The van der Waals surface area contributed by atoms with Gasteiger partial charge in [-0.3, -0.25) is 0 Å². The number of aromatic nitrogens is 2. The van der Waals surface area contributed by atoms with Crippen LogP contribution < -0.4 is 10.1 Å². The second kappa shape index (κ2) is 12.0. The molecule has 2 heterocycles. The minimum absolute atomic E-state index is 0.0198. The van der Waals surface area contributed by atoms with Gasteiger partial charge in [-0.25, -0.2) is 13.2 Å². The number of anilines is 1. The van der Waals surface area contributed by atoms with Gasteiger partial charge < -0.3 is 19.7 Å². The molecule has 5 rings (SSSR count). The number of carbonyl (C=O) groups is 1. The molecule has 0 bridgehead atoms. The molecule has 1 aliphatic heterocycles. The molecule has 1 amide bonds. The Kier molecular flexibility index (Phi) is 8.36. The molecule has 0 aliphatic carbocycles. The van der Waals surface area contributed by atoms with Crippen molar-refractivity contribution < 1.29 is 22.7 Å². The number of ether oxygens (including phenoxy) is 2. The average molecular weight is 589 g/mol. The number of likely N-dealkylation sites (tertiary alicyclic amines) is 1. The van der Waals surface area contributed by atoms with Crippen molar-refractivity contribution in [3.63, 3.8) is 0 Å². The predicted molar refractivity (Wildman–Crippen MR) is 163 cm³/mol. The van der Waals surface area contributed by atoms with Gasteiger partial charge in [0.2, 0.25) is 0 Å². The largest absolute Gasteiger partial charge is 0.488 e. The zero-order valence-electron chi connectivity index (χ0n) is 24.3. The molecule has 0 radical (unpaired) electrons. The maximum absolute atomic E-state index is 12.7. The zero-order chi connectivity index (χ0) is 29.9.